The molecule has 1 saturated heterocycles. The van der Waals surface area contributed by atoms with Gasteiger partial charge in [0.25, 0.3) is 0 Å². The fourth-order valence-electron chi connectivity index (χ4n) is 2.20. The van der Waals surface area contributed by atoms with Crippen molar-refractivity contribution in [3.63, 3.8) is 0 Å². The van der Waals surface area contributed by atoms with Gasteiger partial charge < -0.3 is 20.6 Å². The Kier molecular flexibility index (Phi) is 5.79. The van der Waals surface area contributed by atoms with Crippen LogP contribution in [0, 0.1) is 0 Å². The maximum atomic E-state index is 8.83. The number of hydrogen-bond donors (Lipinski definition) is 3. The van der Waals surface area contributed by atoms with Gasteiger partial charge in [-0.05, 0) is 32.6 Å². The van der Waals surface area contributed by atoms with Gasteiger partial charge in [-0.2, -0.15) is 15.0 Å². The zero-order valence-corrected chi connectivity index (χ0v) is 12.1. The highest BCUT2D eigenvalue weighted by Gasteiger charge is 2.15. The van der Waals surface area contributed by atoms with Crippen LogP contribution in [0.1, 0.15) is 32.6 Å². The predicted molar refractivity (Wildman–Crippen MR) is 80.2 cm³/mol. The zero-order valence-electron chi connectivity index (χ0n) is 12.1. The van der Waals surface area contributed by atoms with Crippen LogP contribution in [0.2, 0.25) is 0 Å². The Morgan fingerprint density at radius 2 is 1.75 bits per heavy atom. The third-order valence-electron chi connectivity index (χ3n) is 3.22. The van der Waals surface area contributed by atoms with E-state index in [1.165, 1.54) is 19.3 Å². The molecule has 7 heteroatoms. The Morgan fingerprint density at radius 3 is 2.40 bits per heavy atom. The van der Waals surface area contributed by atoms with E-state index in [9.17, 15) is 0 Å². The number of rotatable bonds is 7. The average Bonchev–Trinajstić information content (AvgIpc) is 2.49. The summed E-state index contributed by atoms with van der Waals surface area (Å²) in [5, 5.41) is 15.1. The van der Waals surface area contributed by atoms with Crippen LogP contribution in [-0.4, -0.2) is 52.8 Å². The lowest BCUT2D eigenvalue weighted by atomic mass is 10.1. The van der Waals surface area contributed by atoms with Crippen molar-refractivity contribution in [1.29, 1.82) is 0 Å². The highest BCUT2D eigenvalue weighted by atomic mass is 16.3. The van der Waals surface area contributed by atoms with E-state index in [1.54, 1.807) is 0 Å². The van der Waals surface area contributed by atoms with Crippen molar-refractivity contribution in [3.05, 3.63) is 0 Å². The second-order valence-electron chi connectivity index (χ2n) is 4.86. The van der Waals surface area contributed by atoms with Gasteiger partial charge in [0.15, 0.2) is 0 Å². The number of aliphatic hydroxyl groups is 1. The Labute approximate surface area is 119 Å². The molecule has 2 heterocycles. The average molecular weight is 280 g/mol. The van der Waals surface area contributed by atoms with Gasteiger partial charge in [0.05, 0.1) is 0 Å². The lowest BCUT2D eigenvalue weighted by Gasteiger charge is -2.27. The van der Waals surface area contributed by atoms with Crippen molar-refractivity contribution in [2.75, 3.05) is 48.3 Å². The smallest absolute Gasteiger partial charge is 0.231 e. The molecule has 0 aliphatic carbocycles. The van der Waals surface area contributed by atoms with Gasteiger partial charge in [0, 0.05) is 32.8 Å². The topological polar surface area (TPSA) is 86.2 Å². The van der Waals surface area contributed by atoms with Crippen LogP contribution in [0.15, 0.2) is 0 Å². The first-order valence-electron chi connectivity index (χ1n) is 7.43. The van der Waals surface area contributed by atoms with Crippen molar-refractivity contribution in [2.45, 2.75) is 32.6 Å². The quantitative estimate of drug-likeness (QED) is 0.644. The molecule has 1 aromatic rings. The molecule has 2 rings (SSSR count). The summed E-state index contributed by atoms with van der Waals surface area (Å²) in [7, 11) is 0. The lowest BCUT2D eigenvalue weighted by Crippen LogP contribution is -2.31. The molecular formula is C13H24N6O. The monoisotopic (exact) mass is 280 g/mol. The molecule has 3 N–H and O–H groups in total. The van der Waals surface area contributed by atoms with Crippen LogP contribution in [0.5, 0.6) is 0 Å². The minimum atomic E-state index is 0.164. The summed E-state index contributed by atoms with van der Waals surface area (Å²) < 4.78 is 0. The standard InChI is InChI=1S/C13H24N6O/c1-2-14-11-16-12(15-7-6-10-20)18-13(17-11)19-8-4-3-5-9-19/h20H,2-10H2,1H3,(H2,14,15,16,17,18). The Hall–Kier alpha value is -1.63. The SMILES string of the molecule is CCNc1nc(NCCCO)nc(N2CCCCC2)n1. The number of aliphatic hydroxyl groups excluding tert-OH is 1. The first-order chi connectivity index (χ1) is 9.83. The molecule has 0 amide bonds. The molecular weight excluding hydrogens is 256 g/mol. The molecule has 7 nitrogen and oxygen atoms in total. The van der Waals surface area contributed by atoms with E-state index in [1.807, 2.05) is 6.92 Å². The second-order valence-corrected chi connectivity index (χ2v) is 4.86. The normalized spacial score (nSPS) is 15.2. The van der Waals surface area contributed by atoms with E-state index in [2.05, 4.69) is 30.5 Å². The summed E-state index contributed by atoms with van der Waals surface area (Å²) in [6, 6.07) is 0. The summed E-state index contributed by atoms with van der Waals surface area (Å²) in [4.78, 5) is 15.5. The van der Waals surface area contributed by atoms with Crippen LogP contribution < -0.4 is 15.5 Å². The molecule has 0 spiro atoms. The molecule has 0 radical (unpaired) electrons. The molecule has 112 valence electrons. The lowest BCUT2D eigenvalue weighted by molar-refractivity contribution is 0.292. The van der Waals surface area contributed by atoms with Crippen molar-refractivity contribution >= 4 is 17.8 Å². The van der Waals surface area contributed by atoms with Crippen molar-refractivity contribution in [3.8, 4) is 0 Å². The largest absolute Gasteiger partial charge is 0.396 e. The number of piperidine rings is 1. The number of nitrogens with zero attached hydrogens (tertiary/aromatic N) is 4. The highest BCUT2D eigenvalue weighted by Crippen LogP contribution is 2.18. The van der Waals surface area contributed by atoms with Gasteiger partial charge >= 0.3 is 0 Å². The minimum absolute atomic E-state index is 0.164. The van der Waals surface area contributed by atoms with Gasteiger partial charge in [0.1, 0.15) is 0 Å². The van der Waals surface area contributed by atoms with E-state index in [0.29, 0.717) is 24.9 Å². The second kappa shape index (κ2) is 7.84. The molecule has 1 aromatic heterocycles. The van der Waals surface area contributed by atoms with Crippen molar-refractivity contribution < 1.29 is 5.11 Å². The van der Waals surface area contributed by atoms with Crippen molar-refractivity contribution in [2.24, 2.45) is 0 Å². The van der Waals surface area contributed by atoms with Crippen LogP contribution in [0.3, 0.4) is 0 Å². The zero-order chi connectivity index (χ0) is 14.2. The molecule has 0 unspecified atom stereocenters. The minimum Gasteiger partial charge on any atom is -0.396 e. The Bertz CT molecular complexity index is 408. The van der Waals surface area contributed by atoms with Gasteiger partial charge in [-0.3, -0.25) is 0 Å². The number of hydrogen-bond acceptors (Lipinski definition) is 7. The van der Waals surface area contributed by atoms with E-state index in [4.69, 9.17) is 5.11 Å². The molecule has 1 fully saturated rings. The number of anilines is 3. The summed E-state index contributed by atoms with van der Waals surface area (Å²) >= 11 is 0. The molecule has 1 aliphatic heterocycles. The van der Waals surface area contributed by atoms with E-state index in [0.717, 1.165) is 25.6 Å². The Morgan fingerprint density at radius 1 is 1.05 bits per heavy atom. The maximum absolute atomic E-state index is 8.83. The first kappa shape index (κ1) is 14.8. The highest BCUT2D eigenvalue weighted by molar-refractivity contribution is 5.44. The summed E-state index contributed by atoms with van der Waals surface area (Å²) in [6.45, 7) is 5.63. The third-order valence-corrected chi connectivity index (χ3v) is 3.22. The summed E-state index contributed by atoms with van der Waals surface area (Å²) in [5.41, 5.74) is 0. The van der Waals surface area contributed by atoms with E-state index in [-0.39, 0.29) is 6.61 Å². The first-order valence-corrected chi connectivity index (χ1v) is 7.43. The fourth-order valence-corrected chi connectivity index (χ4v) is 2.20. The van der Waals surface area contributed by atoms with Crippen LogP contribution in [0.4, 0.5) is 17.8 Å². The van der Waals surface area contributed by atoms with Crippen LogP contribution in [-0.2, 0) is 0 Å². The van der Waals surface area contributed by atoms with Gasteiger partial charge in [0.2, 0.25) is 17.8 Å². The molecule has 0 atom stereocenters. The molecule has 0 bridgehead atoms. The van der Waals surface area contributed by atoms with Gasteiger partial charge in [-0.25, -0.2) is 0 Å². The van der Waals surface area contributed by atoms with Crippen LogP contribution in [0.25, 0.3) is 0 Å². The van der Waals surface area contributed by atoms with E-state index >= 15 is 0 Å². The Balaban J connectivity index is 2.11. The third kappa shape index (κ3) is 4.19. The van der Waals surface area contributed by atoms with Gasteiger partial charge in [-0.1, -0.05) is 0 Å². The van der Waals surface area contributed by atoms with Crippen LogP contribution >= 0.6 is 0 Å². The van der Waals surface area contributed by atoms with Crippen molar-refractivity contribution in [1.82, 2.24) is 15.0 Å². The maximum Gasteiger partial charge on any atom is 0.231 e. The fraction of sp³-hybridized carbons (Fsp3) is 0.769. The molecule has 20 heavy (non-hydrogen) atoms. The summed E-state index contributed by atoms with van der Waals surface area (Å²) in [6.07, 6.45) is 4.34. The number of nitrogens with one attached hydrogen (secondary N) is 2. The number of aromatic nitrogens is 3. The summed E-state index contributed by atoms with van der Waals surface area (Å²) in [5.74, 6) is 1.92. The predicted octanol–water partition coefficient (Wildman–Crippen LogP) is 1.09. The molecule has 0 saturated carbocycles. The molecule has 0 aromatic carbocycles. The molecule has 1 aliphatic rings. The van der Waals surface area contributed by atoms with Gasteiger partial charge in [-0.15, -0.1) is 0 Å². The van der Waals surface area contributed by atoms with E-state index < -0.39 is 0 Å².